The predicted octanol–water partition coefficient (Wildman–Crippen LogP) is -0.273. The van der Waals surface area contributed by atoms with E-state index in [0.29, 0.717) is 0 Å². The first kappa shape index (κ1) is 33.5. The van der Waals surface area contributed by atoms with Crippen LogP contribution in [0.5, 0.6) is 0 Å². The molecular formula is H2CuSSnZn. The minimum Gasteiger partial charge on any atom is -0.197 e. The maximum atomic E-state index is 0. The van der Waals surface area contributed by atoms with Crippen molar-refractivity contribution < 1.29 is 36.5 Å². The Morgan fingerprint density at radius 2 is 1.00 bits per heavy atom. The smallest absolute Gasteiger partial charge is 0 e. The molecule has 0 spiro atoms. The van der Waals surface area contributed by atoms with Crippen LogP contribution >= 0.6 is 13.5 Å². The molecular weight excluding hydrogens is 280 g/mol. The molecule has 0 heterocycles. The minimum absolute atomic E-state index is 0. The third-order valence-corrected chi connectivity index (χ3v) is 0. The van der Waals surface area contributed by atoms with Crippen molar-refractivity contribution in [3.63, 3.8) is 0 Å². The van der Waals surface area contributed by atoms with E-state index in [0.717, 1.165) is 0 Å². The zero-order valence-electron chi connectivity index (χ0n) is 2.01. The molecule has 0 aromatic carbocycles. The summed E-state index contributed by atoms with van der Waals surface area (Å²) in [5, 5.41) is 0. The molecule has 0 aromatic rings. The second-order valence-corrected chi connectivity index (χ2v) is 0. The van der Waals surface area contributed by atoms with Crippen LogP contribution in [0.1, 0.15) is 0 Å². The van der Waals surface area contributed by atoms with Crippen molar-refractivity contribution in [1.29, 1.82) is 0 Å². The molecule has 0 aliphatic carbocycles. The summed E-state index contributed by atoms with van der Waals surface area (Å²) in [4.78, 5) is 0. The van der Waals surface area contributed by atoms with Gasteiger partial charge in [-0.25, -0.2) is 0 Å². The topological polar surface area (TPSA) is 0 Å². The zero-order valence-corrected chi connectivity index (χ0v) is 9.77. The van der Waals surface area contributed by atoms with Gasteiger partial charge in [0.1, 0.15) is 0 Å². The summed E-state index contributed by atoms with van der Waals surface area (Å²) in [7, 11) is 0. The van der Waals surface area contributed by atoms with Crippen molar-refractivity contribution >= 4 is 37.4 Å². The quantitative estimate of drug-likeness (QED) is 0.536. The Morgan fingerprint density at radius 1 is 1.00 bits per heavy atom. The third-order valence-electron chi connectivity index (χ3n) is 0. The van der Waals surface area contributed by atoms with Gasteiger partial charge in [0, 0.05) is 60.5 Å². The van der Waals surface area contributed by atoms with Gasteiger partial charge >= 0.3 is 0 Å². The average molecular weight is 282 g/mol. The maximum Gasteiger partial charge on any atom is 0 e. The summed E-state index contributed by atoms with van der Waals surface area (Å²) in [5.41, 5.74) is 0. The van der Waals surface area contributed by atoms with E-state index >= 15 is 0 Å². The standard InChI is InChI=1S/Cu.H2S.Sn.Zn/h;1H2;;. The van der Waals surface area contributed by atoms with Crippen molar-refractivity contribution in [2.75, 3.05) is 0 Å². The molecule has 4 heteroatoms. The van der Waals surface area contributed by atoms with Gasteiger partial charge in [0.15, 0.2) is 0 Å². The molecule has 0 aliphatic heterocycles. The van der Waals surface area contributed by atoms with Gasteiger partial charge in [-0.2, -0.15) is 13.5 Å². The van der Waals surface area contributed by atoms with Crippen molar-refractivity contribution in [1.82, 2.24) is 0 Å². The molecule has 0 N–H and O–H groups in total. The first-order valence-electron chi connectivity index (χ1n) is 0. The van der Waals surface area contributed by atoms with Crippen LogP contribution in [0.15, 0.2) is 0 Å². The average Bonchev–Trinajstić information content (AvgIpc) is 0. The zero-order chi connectivity index (χ0) is 0. The van der Waals surface area contributed by atoms with E-state index in [1.165, 1.54) is 0 Å². The fourth-order valence-corrected chi connectivity index (χ4v) is 0. The summed E-state index contributed by atoms with van der Waals surface area (Å²) in [6.45, 7) is 0. The van der Waals surface area contributed by atoms with Crippen LogP contribution in [-0.2, 0) is 36.5 Å². The maximum absolute atomic E-state index is 0. The van der Waals surface area contributed by atoms with Crippen molar-refractivity contribution in [2.24, 2.45) is 0 Å². The van der Waals surface area contributed by atoms with Gasteiger partial charge in [0.05, 0.1) is 0 Å². The van der Waals surface area contributed by atoms with Crippen LogP contribution in [0, 0.1) is 0 Å². The van der Waals surface area contributed by atoms with Gasteiger partial charge in [-0.3, -0.25) is 0 Å². The normalized spacial score (nSPS) is 0. The Bertz CT molecular complexity index is 8.00. The molecule has 0 unspecified atom stereocenters. The van der Waals surface area contributed by atoms with Crippen LogP contribution in [0.3, 0.4) is 0 Å². The van der Waals surface area contributed by atoms with E-state index in [-0.39, 0.29) is 73.9 Å². The SMILES string of the molecule is S.[Cu].[Sn].[Zn]. The Morgan fingerprint density at radius 3 is 1.00 bits per heavy atom. The van der Waals surface area contributed by atoms with E-state index in [2.05, 4.69) is 0 Å². The molecule has 0 amide bonds. The van der Waals surface area contributed by atoms with Gasteiger partial charge in [-0.05, 0) is 0 Å². The number of hydrogen-bond donors (Lipinski definition) is 0. The van der Waals surface area contributed by atoms with Gasteiger partial charge < -0.3 is 0 Å². The van der Waals surface area contributed by atoms with Gasteiger partial charge in [-0.15, -0.1) is 0 Å². The largest absolute Gasteiger partial charge is 0.197 e. The Hall–Kier alpha value is 2.29. The molecule has 0 rings (SSSR count). The fraction of sp³-hybridized carbons (Fsp3) is 0. The Kier molecular flexibility index (Phi) is 156. The van der Waals surface area contributed by atoms with Crippen molar-refractivity contribution in [2.45, 2.75) is 0 Å². The Balaban J connectivity index is 0. The van der Waals surface area contributed by atoms with E-state index in [4.69, 9.17) is 0 Å². The molecule has 0 bridgehead atoms. The van der Waals surface area contributed by atoms with E-state index in [1.807, 2.05) is 0 Å². The molecule has 5 radical (unpaired) electrons. The fourth-order valence-electron chi connectivity index (χ4n) is 0. The molecule has 25 valence electrons. The van der Waals surface area contributed by atoms with Crippen LogP contribution < -0.4 is 0 Å². The molecule has 0 nitrogen and oxygen atoms in total. The minimum atomic E-state index is 0. The molecule has 0 aliphatic rings. The van der Waals surface area contributed by atoms with Gasteiger partial charge in [0.2, 0.25) is 0 Å². The third kappa shape index (κ3) is 8.85. The molecule has 0 fully saturated rings. The second-order valence-electron chi connectivity index (χ2n) is 0. The summed E-state index contributed by atoms with van der Waals surface area (Å²) in [6, 6.07) is 0. The molecule has 0 saturated carbocycles. The van der Waals surface area contributed by atoms with E-state index in [9.17, 15) is 0 Å². The van der Waals surface area contributed by atoms with Crippen LogP contribution in [-0.4, -0.2) is 23.9 Å². The van der Waals surface area contributed by atoms with Crippen molar-refractivity contribution in [3.8, 4) is 0 Å². The van der Waals surface area contributed by atoms with Crippen LogP contribution in [0.25, 0.3) is 0 Å². The van der Waals surface area contributed by atoms with E-state index in [1.54, 1.807) is 0 Å². The van der Waals surface area contributed by atoms with Gasteiger partial charge in [0.25, 0.3) is 0 Å². The summed E-state index contributed by atoms with van der Waals surface area (Å²) in [5.74, 6) is 0. The monoisotopic (exact) mass is 281 g/mol. The predicted molar refractivity (Wildman–Crippen MR) is 16.1 cm³/mol. The Labute approximate surface area is 73.1 Å². The first-order valence-corrected chi connectivity index (χ1v) is 0. The summed E-state index contributed by atoms with van der Waals surface area (Å²) in [6.07, 6.45) is 0. The molecule has 0 saturated heterocycles. The molecule has 0 aromatic heterocycles. The molecule has 4 heavy (non-hydrogen) atoms. The summed E-state index contributed by atoms with van der Waals surface area (Å²) >= 11 is 0. The van der Waals surface area contributed by atoms with Gasteiger partial charge in [-0.1, -0.05) is 0 Å². The number of rotatable bonds is 0. The molecule has 0 atom stereocenters. The van der Waals surface area contributed by atoms with Crippen molar-refractivity contribution in [3.05, 3.63) is 0 Å². The van der Waals surface area contributed by atoms with Crippen LogP contribution in [0.2, 0.25) is 0 Å². The van der Waals surface area contributed by atoms with E-state index < -0.39 is 0 Å². The summed E-state index contributed by atoms with van der Waals surface area (Å²) < 4.78 is 0. The second kappa shape index (κ2) is 18.6. The first-order chi connectivity index (χ1) is 0. The van der Waals surface area contributed by atoms with Crippen LogP contribution in [0.4, 0.5) is 0 Å². The number of hydrogen-bond acceptors (Lipinski definition) is 0.